The minimum Gasteiger partial charge on any atom is -0.444 e. The molecule has 6 heteroatoms. The molecule has 2 amide bonds. The molecule has 5 nitrogen and oxygen atoms in total. The number of likely N-dealkylation sites (tertiary alicyclic amines) is 2. The highest BCUT2D eigenvalue weighted by atomic mass is 79.9. The van der Waals surface area contributed by atoms with Crippen molar-refractivity contribution in [3.8, 4) is 0 Å². The highest BCUT2D eigenvalue weighted by Gasteiger charge is 2.32. The Labute approximate surface area is 141 Å². The molecule has 0 bridgehead atoms. The fourth-order valence-corrected chi connectivity index (χ4v) is 3.50. The van der Waals surface area contributed by atoms with E-state index in [0.29, 0.717) is 18.3 Å². The quantitative estimate of drug-likeness (QED) is 0.713. The van der Waals surface area contributed by atoms with Crippen LogP contribution in [0.3, 0.4) is 0 Å². The number of alkyl halides is 1. The van der Waals surface area contributed by atoms with Crippen LogP contribution in [0, 0.1) is 11.8 Å². The Morgan fingerprint density at radius 1 is 1.27 bits per heavy atom. The van der Waals surface area contributed by atoms with Crippen LogP contribution in [0.1, 0.15) is 40.0 Å². The molecular weight excluding hydrogens is 348 g/mol. The molecule has 2 saturated heterocycles. The van der Waals surface area contributed by atoms with E-state index in [1.54, 1.807) is 4.90 Å². The maximum Gasteiger partial charge on any atom is 0.410 e. The smallest absolute Gasteiger partial charge is 0.410 e. The van der Waals surface area contributed by atoms with E-state index in [4.69, 9.17) is 4.74 Å². The van der Waals surface area contributed by atoms with Crippen LogP contribution in [0.5, 0.6) is 0 Å². The lowest BCUT2D eigenvalue weighted by atomic mass is 9.96. The summed E-state index contributed by atoms with van der Waals surface area (Å²) >= 11 is 3.47. The van der Waals surface area contributed by atoms with Gasteiger partial charge in [-0.05, 0) is 45.4 Å². The second-order valence-corrected chi connectivity index (χ2v) is 8.08. The number of rotatable bonds is 3. The van der Waals surface area contributed by atoms with Gasteiger partial charge < -0.3 is 14.5 Å². The van der Waals surface area contributed by atoms with Gasteiger partial charge in [0, 0.05) is 37.9 Å². The zero-order valence-electron chi connectivity index (χ0n) is 13.8. The third-order valence-corrected chi connectivity index (χ3v) is 5.17. The molecule has 2 fully saturated rings. The average Bonchev–Trinajstić information content (AvgIpc) is 2.78. The molecule has 0 saturated carbocycles. The molecule has 2 heterocycles. The molecule has 22 heavy (non-hydrogen) atoms. The molecule has 1 unspecified atom stereocenters. The Balaban J connectivity index is 1.76. The summed E-state index contributed by atoms with van der Waals surface area (Å²) in [6.45, 7) is 8.82. The normalized spacial score (nSPS) is 24.0. The largest absolute Gasteiger partial charge is 0.444 e. The number of piperidine rings is 1. The Morgan fingerprint density at radius 2 is 1.91 bits per heavy atom. The maximum absolute atomic E-state index is 12.0. The van der Waals surface area contributed by atoms with Crippen molar-refractivity contribution < 1.29 is 14.3 Å². The van der Waals surface area contributed by atoms with Gasteiger partial charge in [-0.25, -0.2) is 4.79 Å². The summed E-state index contributed by atoms with van der Waals surface area (Å²) in [4.78, 5) is 27.8. The predicted octanol–water partition coefficient (Wildman–Crippen LogP) is 2.88. The monoisotopic (exact) mass is 374 g/mol. The van der Waals surface area contributed by atoms with Crippen molar-refractivity contribution in [1.29, 1.82) is 0 Å². The molecule has 0 N–H and O–H groups in total. The first-order valence-corrected chi connectivity index (χ1v) is 9.22. The second-order valence-electron chi connectivity index (χ2n) is 7.43. The maximum atomic E-state index is 12.0. The summed E-state index contributed by atoms with van der Waals surface area (Å²) in [7, 11) is 0. The van der Waals surface area contributed by atoms with Gasteiger partial charge >= 0.3 is 6.09 Å². The number of nitrogens with zero attached hydrogens (tertiary/aromatic N) is 2. The minimum atomic E-state index is -0.444. The molecule has 2 aliphatic rings. The summed E-state index contributed by atoms with van der Waals surface area (Å²) in [5.41, 5.74) is -0.444. The van der Waals surface area contributed by atoms with Crippen molar-refractivity contribution in [2.45, 2.75) is 45.6 Å². The van der Waals surface area contributed by atoms with E-state index in [9.17, 15) is 9.59 Å². The van der Waals surface area contributed by atoms with E-state index in [1.807, 2.05) is 25.7 Å². The molecule has 2 rings (SSSR count). The fourth-order valence-electron chi connectivity index (χ4n) is 3.07. The van der Waals surface area contributed by atoms with E-state index < -0.39 is 5.60 Å². The van der Waals surface area contributed by atoms with E-state index in [-0.39, 0.29) is 12.0 Å². The molecule has 2 aliphatic heterocycles. The van der Waals surface area contributed by atoms with Gasteiger partial charge in [0.2, 0.25) is 5.91 Å². The van der Waals surface area contributed by atoms with Gasteiger partial charge in [-0.15, -0.1) is 0 Å². The van der Waals surface area contributed by atoms with Gasteiger partial charge in [-0.1, -0.05) is 15.9 Å². The highest BCUT2D eigenvalue weighted by molar-refractivity contribution is 9.09. The zero-order chi connectivity index (χ0) is 16.3. The fraction of sp³-hybridized carbons (Fsp3) is 0.875. The second kappa shape index (κ2) is 7.20. The molecular formula is C16H27BrN2O3. The minimum absolute atomic E-state index is 0.220. The van der Waals surface area contributed by atoms with Gasteiger partial charge in [-0.3, -0.25) is 4.79 Å². The first-order valence-electron chi connectivity index (χ1n) is 8.10. The van der Waals surface area contributed by atoms with Crippen molar-refractivity contribution in [2.75, 3.05) is 31.5 Å². The van der Waals surface area contributed by atoms with Gasteiger partial charge in [0.25, 0.3) is 0 Å². The van der Waals surface area contributed by atoms with Gasteiger partial charge in [0.15, 0.2) is 0 Å². The number of hydrogen-bond acceptors (Lipinski definition) is 3. The van der Waals surface area contributed by atoms with Crippen LogP contribution in [-0.4, -0.2) is 58.9 Å². The van der Waals surface area contributed by atoms with Crippen molar-refractivity contribution in [2.24, 2.45) is 11.8 Å². The van der Waals surface area contributed by atoms with Crippen LogP contribution in [0.4, 0.5) is 4.79 Å². The van der Waals surface area contributed by atoms with Crippen LogP contribution in [0.25, 0.3) is 0 Å². The van der Waals surface area contributed by atoms with E-state index >= 15 is 0 Å². The summed E-state index contributed by atoms with van der Waals surface area (Å²) < 4.78 is 5.41. The topological polar surface area (TPSA) is 49.9 Å². The third-order valence-electron chi connectivity index (χ3n) is 4.26. The summed E-state index contributed by atoms with van der Waals surface area (Å²) in [5.74, 6) is 1.23. The average molecular weight is 375 g/mol. The van der Waals surface area contributed by atoms with Crippen molar-refractivity contribution >= 4 is 27.9 Å². The molecule has 0 aromatic heterocycles. The van der Waals surface area contributed by atoms with Crippen LogP contribution in [0.2, 0.25) is 0 Å². The van der Waals surface area contributed by atoms with Gasteiger partial charge in [-0.2, -0.15) is 0 Å². The van der Waals surface area contributed by atoms with E-state index in [1.165, 1.54) is 0 Å². The number of amides is 2. The first kappa shape index (κ1) is 17.6. The summed E-state index contributed by atoms with van der Waals surface area (Å²) in [5, 5.41) is 0.895. The first-order chi connectivity index (χ1) is 10.3. The summed E-state index contributed by atoms with van der Waals surface area (Å²) in [6.07, 6.45) is 2.34. The summed E-state index contributed by atoms with van der Waals surface area (Å²) in [6, 6.07) is 0. The molecule has 0 aromatic rings. The van der Waals surface area contributed by atoms with Crippen LogP contribution in [-0.2, 0) is 9.53 Å². The van der Waals surface area contributed by atoms with Crippen LogP contribution < -0.4 is 0 Å². The SMILES string of the molecule is CC(C)(C)OC(=O)N1CCC(CN2CC(CBr)CC2=O)CC1. The number of hydrogen-bond donors (Lipinski definition) is 0. The van der Waals surface area contributed by atoms with E-state index in [2.05, 4.69) is 15.9 Å². The lowest BCUT2D eigenvalue weighted by Gasteiger charge is -2.34. The molecule has 0 aliphatic carbocycles. The molecule has 0 aromatic carbocycles. The lowest BCUT2D eigenvalue weighted by Crippen LogP contribution is -2.44. The lowest BCUT2D eigenvalue weighted by molar-refractivity contribution is -0.128. The van der Waals surface area contributed by atoms with Crippen molar-refractivity contribution in [3.05, 3.63) is 0 Å². The predicted molar refractivity (Wildman–Crippen MR) is 89.0 cm³/mol. The molecule has 0 spiro atoms. The zero-order valence-corrected chi connectivity index (χ0v) is 15.4. The van der Waals surface area contributed by atoms with Crippen LogP contribution in [0.15, 0.2) is 0 Å². The standard InChI is InChI=1S/C16H27BrN2O3/c1-16(2,3)22-15(21)18-6-4-12(5-7-18)10-19-11-13(9-17)8-14(19)20/h12-13H,4-11H2,1-3H3. The number of halogens is 1. The highest BCUT2D eigenvalue weighted by Crippen LogP contribution is 2.25. The number of ether oxygens (including phenoxy) is 1. The Hall–Kier alpha value is -0.780. The van der Waals surface area contributed by atoms with Gasteiger partial charge in [0.1, 0.15) is 5.60 Å². The number of carbonyl (C=O) groups is 2. The molecule has 0 radical (unpaired) electrons. The molecule has 126 valence electrons. The third kappa shape index (κ3) is 4.86. The van der Waals surface area contributed by atoms with Gasteiger partial charge in [0.05, 0.1) is 0 Å². The van der Waals surface area contributed by atoms with Crippen LogP contribution >= 0.6 is 15.9 Å². The Kier molecular flexibility index (Phi) is 5.75. The van der Waals surface area contributed by atoms with E-state index in [0.717, 1.165) is 44.4 Å². The Morgan fingerprint density at radius 3 is 2.41 bits per heavy atom. The van der Waals surface area contributed by atoms with Crippen molar-refractivity contribution in [3.63, 3.8) is 0 Å². The molecule has 1 atom stereocenters. The Bertz CT molecular complexity index is 414. The van der Waals surface area contributed by atoms with Crippen molar-refractivity contribution in [1.82, 2.24) is 9.80 Å². The number of carbonyl (C=O) groups excluding carboxylic acids is 2.